The van der Waals surface area contributed by atoms with E-state index in [2.05, 4.69) is 74.9 Å². The zero-order valence-electron chi connectivity index (χ0n) is 12.2. The van der Waals surface area contributed by atoms with Gasteiger partial charge in [-0.15, -0.1) is 0 Å². The lowest BCUT2D eigenvalue weighted by atomic mass is 10.1. The van der Waals surface area contributed by atoms with Crippen molar-refractivity contribution in [3.05, 3.63) is 64.1 Å². The fourth-order valence-corrected chi connectivity index (χ4v) is 4.85. The van der Waals surface area contributed by atoms with Crippen LogP contribution in [0.2, 0.25) is 0 Å². The van der Waals surface area contributed by atoms with Gasteiger partial charge >= 0.3 is 0 Å². The van der Waals surface area contributed by atoms with Crippen LogP contribution in [-0.2, 0) is 4.74 Å². The summed E-state index contributed by atoms with van der Waals surface area (Å²) in [5.41, 5.74) is 2.53. The van der Waals surface area contributed by atoms with Gasteiger partial charge in [0.1, 0.15) is 13.1 Å². The van der Waals surface area contributed by atoms with Crippen LogP contribution in [0, 0.1) is 0 Å². The Balaban J connectivity index is 1.68. The number of nitrogens with zero attached hydrogens (tertiary/aromatic N) is 1. The van der Waals surface area contributed by atoms with Gasteiger partial charge in [-0.25, -0.2) is 0 Å². The van der Waals surface area contributed by atoms with E-state index < -0.39 is 0 Å². The summed E-state index contributed by atoms with van der Waals surface area (Å²) < 4.78 is 6.66. The van der Waals surface area contributed by atoms with E-state index in [1.54, 1.807) is 4.90 Å². The highest BCUT2D eigenvalue weighted by Gasteiger charge is 2.50. The summed E-state index contributed by atoms with van der Waals surface area (Å²) in [6, 6.07) is 8.55. The van der Waals surface area contributed by atoms with Crippen molar-refractivity contribution in [2.45, 2.75) is 4.99 Å². The Morgan fingerprint density at radius 3 is 2.68 bits per heavy atom. The summed E-state index contributed by atoms with van der Waals surface area (Å²) in [5.74, 6) is 0. The van der Waals surface area contributed by atoms with Gasteiger partial charge in [0.15, 0.2) is 0 Å². The molecule has 114 valence electrons. The van der Waals surface area contributed by atoms with Crippen LogP contribution in [0.4, 0.5) is 0 Å². The third-order valence-electron chi connectivity index (χ3n) is 4.38. The van der Waals surface area contributed by atoms with Gasteiger partial charge in [0, 0.05) is 22.2 Å². The highest BCUT2D eigenvalue weighted by molar-refractivity contribution is 9.10. The van der Waals surface area contributed by atoms with E-state index in [-0.39, 0.29) is 4.99 Å². The number of fused-ring (bicyclic) bond motifs is 1. The van der Waals surface area contributed by atoms with Gasteiger partial charge in [-0.3, -0.25) is 9.80 Å². The molecule has 1 fully saturated rings. The molecule has 1 aromatic rings. The maximum atomic E-state index is 5.55. The number of thioether (sulfide) groups is 1. The largest absolute Gasteiger partial charge is 0.370 e. The predicted molar refractivity (Wildman–Crippen MR) is 94.1 cm³/mol. The fraction of sp³-hybridized carbons (Fsp3) is 0.294. The van der Waals surface area contributed by atoms with Crippen molar-refractivity contribution in [3.63, 3.8) is 0 Å². The molecule has 0 bridgehead atoms. The molecule has 3 aliphatic heterocycles. The zero-order chi connectivity index (χ0) is 15.0. The van der Waals surface area contributed by atoms with E-state index in [4.69, 9.17) is 4.74 Å². The van der Waals surface area contributed by atoms with Crippen LogP contribution in [0.3, 0.4) is 0 Å². The van der Waals surface area contributed by atoms with Crippen molar-refractivity contribution in [1.82, 2.24) is 4.90 Å². The number of ether oxygens (including phenoxy) is 1. The molecule has 3 heterocycles. The first-order valence-electron chi connectivity index (χ1n) is 7.52. The van der Waals surface area contributed by atoms with E-state index >= 15 is 0 Å². The second kappa shape index (κ2) is 5.89. The first-order valence-corrected chi connectivity index (χ1v) is 9.19. The van der Waals surface area contributed by atoms with Crippen LogP contribution in [0.5, 0.6) is 0 Å². The monoisotopic (exact) mass is 377 g/mol. The van der Waals surface area contributed by atoms with E-state index in [0.29, 0.717) is 0 Å². The second-order valence-corrected chi connectivity index (χ2v) is 7.62. The molecular formula is C17H18BrN2OS+. The molecule has 1 saturated heterocycles. The molecule has 0 amide bonds. The minimum absolute atomic E-state index is 0.0546. The third-order valence-corrected chi connectivity index (χ3v) is 6.23. The quantitative estimate of drug-likeness (QED) is 0.852. The number of morpholine rings is 1. The lowest BCUT2D eigenvalue weighted by molar-refractivity contribution is -0.944. The van der Waals surface area contributed by atoms with Crippen molar-refractivity contribution < 1.29 is 9.64 Å². The minimum atomic E-state index is -0.0546. The minimum Gasteiger partial charge on any atom is -0.370 e. The topological polar surface area (TPSA) is 16.9 Å². The van der Waals surface area contributed by atoms with E-state index in [0.717, 1.165) is 30.8 Å². The summed E-state index contributed by atoms with van der Waals surface area (Å²) in [6.45, 7) is 3.78. The number of hydrogen-bond donors (Lipinski definition) is 1. The number of nitrogens with one attached hydrogen (secondary N) is 1. The zero-order valence-corrected chi connectivity index (χ0v) is 14.6. The Labute approximate surface area is 143 Å². The van der Waals surface area contributed by atoms with Gasteiger partial charge in [0.2, 0.25) is 4.99 Å². The van der Waals surface area contributed by atoms with Crippen LogP contribution < -0.4 is 4.90 Å². The Kier molecular flexibility index (Phi) is 3.90. The number of rotatable bonds is 2. The smallest absolute Gasteiger partial charge is 0.249 e. The van der Waals surface area contributed by atoms with Gasteiger partial charge in [0.05, 0.1) is 18.9 Å². The molecule has 3 aliphatic rings. The third kappa shape index (κ3) is 2.36. The molecule has 0 saturated carbocycles. The summed E-state index contributed by atoms with van der Waals surface area (Å²) in [4.78, 5) is 3.93. The van der Waals surface area contributed by atoms with Crippen molar-refractivity contribution in [3.8, 4) is 0 Å². The molecule has 0 unspecified atom stereocenters. The number of hydrogen-bond acceptors (Lipinski definition) is 3. The van der Waals surface area contributed by atoms with Crippen molar-refractivity contribution in [2.75, 3.05) is 26.3 Å². The number of allylic oxidation sites excluding steroid dienone is 2. The van der Waals surface area contributed by atoms with Gasteiger partial charge < -0.3 is 4.74 Å². The molecule has 0 aromatic heterocycles. The maximum absolute atomic E-state index is 5.55. The highest BCUT2D eigenvalue weighted by Crippen LogP contribution is 2.44. The lowest BCUT2D eigenvalue weighted by Crippen LogP contribution is -3.22. The average molecular weight is 378 g/mol. The number of halogens is 1. The molecule has 0 spiro atoms. The summed E-state index contributed by atoms with van der Waals surface area (Å²) >= 11 is 5.42. The molecule has 1 aromatic carbocycles. The maximum Gasteiger partial charge on any atom is 0.249 e. The van der Waals surface area contributed by atoms with Gasteiger partial charge in [-0.05, 0) is 35.5 Å². The summed E-state index contributed by atoms with van der Waals surface area (Å²) in [7, 11) is 0. The molecule has 0 aliphatic carbocycles. The second-order valence-electron chi connectivity index (χ2n) is 5.61. The van der Waals surface area contributed by atoms with Crippen LogP contribution in [-0.4, -0.2) is 36.2 Å². The first kappa shape index (κ1) is 14.6. The van der Waals surface area contributed by atoms with Crippen molar-refractivity contribution in [1.29, 1.82) is 0 Å². The molecule has 3 nitrogen and oxygen atoms in total. The standard InChI is InChI=1S/C17H17BrN2OS/c18-15-5-3-14(4-6-15)16-13-22-17(7-1-2-8-20(16)17)19-9-11-21-12-10-19/h1-8,13H,9-12H2/p+1/t17-/m0/s1. The SMILES string of the molecule is Brc1ccc(C2=CS[C@]3([NH+]4CCOCC4)C=CC=CN23)cc1. The number of quaternary nitrogens is 1. The molecule has 22 heavy (non-hydrogen) atoms. The van der Waals surface area contributed by atoms with Crippen LogP contribution >= 0.6 is 27.7 Å². The van der Waals surface area contributed by atoms with Crippen molar-refractivity contribution >= 4 is 33.4 Å². The normalized spacial score (nSPS) is 27.9. The molecule has 5 heteroatoms. The van der Waals surface area contributed by atoms with Gasteiger partial charge in [-0.1, -0.05) is 34.1 Å². The van der Waals surface area contributed by atoms with E-state index in [1.807, 2.05) is 11.8 Å². The molecule has 1 N–H and O–H groups in total. The molecule has 0 radical (unpaired) electrons. The van der Waals surface area contributed by atoms with E-state index in [1.165, 1.54) is 11.3 Å². The Hall–Kier alpha value is -1.01. The highest BCUT2D eigenvalue weighted by atomic mass is 79.9. The fourth-order valence-electron chi connectivity index (χ4n) is 3.25. The first-order chi connectivity index (χ1) is 10.8. The van der Waals surface area contributed by atoms with Crippen LogP contribution in [0.25, 0.3) is 5.70 Å². The van der Waals surface area contributed by atoms with Crippen LogP contribution in [0.15, 0.2) is 58.6 Å². The lowest BCUT2D eigenvalue weighted by Gasteiger charge is -2.43. The van der Waals surface area contributed by atoms with Gasteiger partial charge in [0.25, 0.3) is 0 Å². The Morgan fingerprint density at radius 1 is 1.14 bits per heavy atom. The molecular weight excluding hydrogens is 360 g/mol. The number of benzene rings is 1. The predicted octanol–water partition coefficient (Wildman–Crippen LogP) is 2.45. The van der Waals surface area contributed by atoms with E-state index in [9.17, 15) is 0 Å². The summed E-state index contributed by atoms with van der Waals surface area (Å²) in [6.07, 6.45) is 8.83. The summed E-state index contributed by atoms with van der Waals surface area (Å²) in [5, 5.41) is 2.30. The molecule has 1 atom stereocenters. The average Bonchev–Trinajstić information content (AvgIpc) is 2.97. The van der Waals surface area contributed by atoms with Crippen LogP contribution in [0.1, 0.15) is 5.56 Å². The van der Waals surface area contributed by atoms with Gasteiger partial charge in [-0.2, -0.15) is 0 Å². The Bertz CT molecular complexity index is 649. The van der Waals surface area contributed by atoms with Crippen molar-refractivity contribution in [2.24, 2.45) is 0 Å². The Morgan fingerprint density at radius 2 is 1.91 bits per heavy atom. The molecule has 4 rings (SSSR count).